The molecular formula is C19H33N3O. The lowest BCUT2D eigenvalue weighted by molar-refractivity contribution is -0.132. The van der Waals surface area contributed by atoms with E-state index in [0.717, 1.165) is 38.3 Å². The Morgan fingerprint density at radius 3 is 2.22 bits per heavy atom. The van der Waals surface area contributed by atoms with E-state index in [9.17, 15) is 4.79 Å². The molecule has 23 heavy (non-hydrogen) atoms. The van der Waals surface area contributed by atoms with Crippen LogP contribution in [0.2, 0.25) is 0 Å². The van der Waals surface area contributed by atoms with Crippen LogP contribution in [0.3, 0.4) is 0 Å². The summed E-state index contributed by atoms with van der Waals surface area (Å²) in [4.78, 5) is 17.0. The molecule has 0 aliphatic rings. The summed E-state index contributed by atoms with van der Waals surface area (Å²) in [7, 11) is 0. The van der Waals surface area contributed by atoms with Crippen molar-refractivity contribution in [1.29, 1.82) is 0 Å². The van der Waals surface area contributed by atoms with E-state index in [0.29, 0.717) is 12.3 Å². The number of hydrogen-bond donors (Lipinski definition) is 1. The lowest BCUT2D eigenvalue weighted by atomic mass is 10.0. The minimum atomic E-state index is -0.230. The average molecular weight is 319 g/mol. The normalized spacial score (nSPS) is 12.7. The van der Waals surface area contributed by atoms with E-state index in [2.05, 4.69) is 32.6 Å². The lowest BCUT2D eigenvalue weighted by Gasteiger charge is -2.29. The number of amides is 1. The summed E-state index contributed by atoms with van der Waals surface area (Å²) >= 11 is 0. The van der Waals surface area contributed by atoms with Crippen molar-refractivity contribution < 1.29 is 4.79 Å². The van der Waals surface area contributed by atoms with Gasteiger partial charge in [0.15, 0.2) is 0 Å². The fourth-order valence-corrected chi connectivity index (χ4v) is 2.70. The van der Waals surface area contributed by atoms with Gasteiger partial charge in [0.25, 0.3) is 0 Å². The standard InChI is InChI=1S/C19H33N3O/c1-5-21(6-2)12-13-22(15-16(3)4)19(23)14-18(20)17-10-8-7-9-11-17/h7-11,16,18H,5-6,12-15,20H2,1-4H3. The number of benzene rings is 1. The van der Waals surface area contributed by atoms with Crippen molar-refractivity contribution in [2.24, 2.45) is 11.7 Å². The van der Waals surface area contributed by atoms with Crippen molar-refractivity contribution in [2.75, 3.05) is 32.7 Å². The Labute approximate surface area is 141 Å². The number of hydrogen-bond acceptors (Lipinski definition) is 3. The van der Waals surface area contributed by atoms with Gasteiger partial charge in [0, 0.05) is 32.1 Å². The molecule has 0 aliphatic heterocycles. The molecule has 0 fully saturated rings. The van der Waals surface area contributed by atoms with Gasteiger partial charge >= 0.3 is 0 Å². The van der Waals surface area contributed by atoms with Gasteiger partial charge in [0.1, 0.15) is 0 Å². The van der Waals surface area contributed by atoms with Crippen molar-refractivity contribution in [2.45, 2.75) is 40.2 Å². The topological polar surface area (TPSA) is 49.6 Å². The highest BCUT2D eigenvalue weighted by molar-refractivity contribution is 5.77. The molecule has 0 saturated carbocycles. The van der Waals surface area contributed by atoms with Crippen molar-refractivity contribution in [3.05, 3.63) is 35.9 Å². The summed E-state index contributed by atoms with van der Waals surface area (Å²) < 4.78 is 0. The van der Waals surface area contributed by atoms with Crippen LogP contribution < -0.4 is 5.73 Å². The van der Waals surface area contributed by atoms with Gasteiger partial charge in [-0.25, -0.2) is 0 Å². The third-order valence-electron chi connectivity index (χ3n) is 4.14. The quantitative estimate of drug-likeness (QED) is 0.721. The van der Waals surface area contributed by atoms with Gasteiger partial charge in [-0.3, -0.25) is 4.79 Å². The maximum absolute atomic E-state index is 12.7. The first-order valence-electron chi connectivity index (χ1n) is 8.78. The average Bonchev–Trinajstić information content (AvgIpc) is 2.55. The second kappa shape index (κ2) is 10.4. The van der Waals surface area contributed by atoms with Crippen LogP contribution in [0.1, 0.15) is 45.7 Å². The zero-order valence-corrected chi connectivity index (χ0v) is 15.2. The Bertz CT molecular complexity index is 443. The summed E-state index contributed by atoms with van der Waals surface area (Å²) in [5.41, 5.74) is 7.24. The van der Waals surface area contributed by atoms with Gasteiger partial charge < -0.3 is 15.5 Å². The van der Waals surface area contributed by atoms with Crippen molar-refractivity contribution >= 4 is 5.91 Å². The van der Waals surface area contributed by atoms with Crippen molar-refractivity contribution in [3.8, 4) is 0 Å². The highest BCUT2D eigenvalue weighted by Gasteiger charge is 2.19. The van der Waals surface area contributed by atoms with E-state index in [1.807, 2.05) is 35.2 Å². The van der Waals surface area contributed by atoms with Gasteiger partial charge in [-0.05, 0) is 24.6 Å². The van der Waals surface area contributed by atoms with E-state index in [4.69, 9.17) is 5.73 Å². The van der Waals surface area contributed by atoms with E-state index >= 15 is 0 Å². The number of nitrogens with two attached hydrogens (primary N) is 1. The van der Waals surface area contributed by atoms with Gasteiger partial charge in [-0.1, -0.05) is 58.0 Å². The molecule has 0 aliphatic carbocycles. The molecular weight excluding hydrogens is 286 g/mol. The van der Waals surface area contributed by atoms with E-state index in [1.54, 1.807) is 0 Å². The molecule has 1 aromatic carbocycles. The van der Waals surface area contributed by atoms with Gasteiger partial charge in [0.05, 0.1) is 0 Å². The van der Waals surface area contributed by atoms with Gasteiger partial charge in [0.2, 0.25) is 5.91 Å². The summed E-state index contributed by atoms with van der Waals surface area (Å²) in [5.74, 6) is 0.616. The summed E-state index contributed by atoms with van der Waals surface area (Å²) in [6.07, 6.45) is 0.370. The van der Waals surface area contributed by atoms with E-state index in [-0.39, 0.29) is 11.9 Å². The Hall–Kier alpha value is -1.39. The number of nitrogens with zero attached hydrogens (tertiary/aromatic N) is 2. The largest absolute Gasteiger partial charge is 0.341 e. The second-order valence-corrected chi connectivity index (χ2v) is 6.48. The van der Waals surface area contributed by atoms with Crippen LogP contribution in [-0.4, -0.2) is 48.4 Å². The number of likely N-dealkylation sites (N-methyl/N-ethyl adjacent to an activating group) is 1. The number of carbonyl (C=O) groups excluding carboxylic acids is 1. The molecule has 1 rings (SSSR count). The fourth-order valence-electron chi connectivity index (χ4n) is 2.70. The van der Waals surface area contributed by atoms with Gasteiger partial charge in [-0.15, -0.1) is 0 Å². The molecule has 0 radical (unpaired) electrons. The minimum absolute atomic E-state index is 0.155. The highest BCUT2D eigenvalue weighted by atomic mass is 16.2. The SMILES string of the molecule is CCN(CC)CCN(CC(C)C)C(=O)CC(N)c1ccccc1. The predicted molar refractivity (Wildman–Crippen MR) is 97.2 cm³/mol. The van der Waals surface area contributed by atoms with E-state index in [1.165, 1.54) is 0 Å². The van der Waals surface area contributed by atoms with Crippen molar-refractivity contribution in [3.63, 3.8) is 0 Å². The third kappa shape index (κ3) is 7.14. The Morgan fingerprint density at radius 2 is 1.70 bits per heavy atom. The molecule has 4 nitrogen and oxygen atoms in total. The van der Waals surface area contributed by atoms with Crippen LogP contribution >= 0.6 is 0 Å². The Balaban J connectivity index is 2.64. The second-order valence-electron chi connectivity index (χ2n) is 6.48. The maximum Gasteiger partial charge on any atom is 0.224 e. The summed E-state index contributed by atoms with van der Waals surface area (Å²) in [6.45, 7) is 13.1. The molecule has 0 aromatic heterocycles. The van der Waals surface area contributed by atoms with Gasteiger partial charge in [-0.2, -0.15) is 0 Å². The molecule has 2 N–H and O–H groups in total. The zero-order valence-electron chi connectivity index (χ0n) is 15.2. The molecule has 0 heterocycles. The van der Waals surface area contributed by atoms with Crippen LogP contribution in [0.5, 0.6) is 0 Å². The Morgan fingerprint density at radius 1 is 1.09 bits per heavy atom. The van der Waals surface area contributed by atoms with Crippen LogP contribution in [-0.2, 0) is 4.79 Å². The highest BCUT2D eigenvalue weighted by Crippen LogP contribution is 2.15. The fraction of sp³-hybridized carbons (Fsp3) is 0.632. The van der Waals surface area contributed by atoms with Crippen LogP contribution in [0.15, 0.2) is 30.3 Å². The number of rotatable bonds is 10. The predicted octanol–water partition coefficient (Wildman–Crippen LogP) is 2.90. The van der Waals surface area contributed by atoms with Crippen LogP contribution in [0, 0.1) is 5.92 Å². The molecule has 0 bridgehead atoms. The minimum Gasteiger partial charge on any atom is -0.341 e. The van der Waals surface area contributed by atoms with Crippen LogP contribution in [0.25, 0.3) is 0 Å². The first-order chi connectivity index (χ1) is 11.0. The molecule has 1 aromatic rings. The Kier molecular flexibility index (Phi) is 8.89. The molecule has 1 amide bonds. The first kappa shape index (κ1) is 19.7. The van der Waals surface area contributed by atoms with E-state index < -0.39 is 0 Å². The molecule has 0 spiro atoms. The molecule has 4 heteroatoms. The first-order valence-corrected chi connectivity index (χ1v) is 8.78. The molecule has 130 valence electrons. The summed E-state index contributed by atoms with van der Waals surface area (Å²) in [6, 6.07) is 9.64. The maximum atomic E-state index is 12.7. The lowest BCUT2D eigenvalue weighted by Crippen LogP contribution is -2.41. The number of carbonyl (C=O) groups is 1. The molecule has 1 atom stereocenters. The third-order valence-corrected chi connectivity index (χ3v) is 4.14. The summed E-state index contributed by atoms with van der Waals surface area (Å²) in [5, 5.41) is 0. The monoisotopic (exact) mass is 319 g/mol. The van der Waals surface area contributed by atoms with Crippen molar-refractivity contribution in [1.82, 2.24) is 9.80 Å². The smallest absolute Gasteiger partial charge is 0.224 e. The zero-order chi connectivity index (χ0) is 17.2. The van der Waals surface area contributed by atoms with Crippen LogP contribution in [0.4, 0.5) is 0 Å². The molecule has 0 saturated heterocycles. The molecule has 1 unspecified atom stereocenters.